The molecule has 2 aromatic heterocycles. The van der Waals surface area contributed by atoms with E-state index in [2.05, 4.69) is 15.4 Å². The van der Waals surface area contributed by atoms with Gasteiger partial charge in [0.25, 0.3) is 12.0 Å². The molecule has 0 saturated carbocycles. The molecular formula is C23H21F2N5O3. The molecule has 8 nitrogen and oxygen atoms in total. The number of carbonyl (C=O) groups is 1. The lowest BCUT2D eigenvalue weighted by Gasteiger charge is -2.11. The Bertz CT molecular complexity index is 1350. The second kappa shape index (κ2) is 9.19. The highest BCUT2D eigenvalue weighted by atomic mass is 19.3. The molecule has 0 aliphatic rings. The zero-order chi connectivity index (χ0) is 23.5. The first-order valence-corrected chi connectivity index (χ1v) is 10.2. The molecule has 0 saturated heterocycles. The molecule has 4 aromatic rings. The average molecular weight is 453 g/mol. The fourth-order valence-corrected chi connectivity index (χ4v) is 3.26. The molecule has 1 amide bonds. The van der Waals surface area contributed by atoms with Crippen molar-refractivity contribution in [1.82, 2.24) is 19.2 Å². The molecule has 0 unspecified atom stereocenters. The SMILES string of the molecule is Cc1ccc(NC(=O)Cn2c(C)cc(=O)n3nc(-c4ccc(OCC(F)F)cc4)nc23)cc1. The summed E-state index contributed by atoms with van der Waals surface area (Å²) >= 11 is 0. The van der Waals surface area contributed by atoms with Crippen LogP contribution in [0.4, 0.5) is 14.5 Å². The monoisotopic (exact) mass is 453 g/mol. The van der Waals surface area contributed by atoms with Crippen LogP contribution in [0.1, 0.15) is 11.3 Å². The van der Waals surface area contributed by atoms with Crippen molar-refractivity contribution in [2.45, 2.75) is 26.8 Å². The minimum absolute atomic E-state index is 0.0674. The number of aryl methyl sites for hydroxylation is 2. The van der Waals surface area contributed by atoms with E-state index in [1.54, 1.807) is 23.6 Å². The van der Waals surface area contributed by atoms with Gasteiger partial charge in [-0.15, -0.1) is 5.10 Å². The lowest BCUT2D eigenvalue weighted by atomic mass is 10.2. The molecule has 0 radical (unpaired) electrons. The molecule has 10 heteroatoms. The zero-order valence-corrected chi connectivity index (χ0v) is 18.0. The summed E-state index contributed by atoms with van der Waals surface area (Å²) in [5, 5.41) is 7.09. The molecule has 1 N–H and O–H groups in total. The summed E-state index contributed by atoms with van der Waals surface area (Å²) in [5.41, 5.74) is 2.48. The van der Waals surface area contributed by atoms with E-state index in [-0.39, 0.29) is 35.4 Å². The van der Waals surface area contributed by atoms with Crippen LogP contribution in [-0.4, -0.2) is 38.1 Å². The van der Waals surface area contributed by atoms with Crippen LogP contribution in [0.2, 0.25) is 0 Å². The number of benzene rings is 2. The van der Waals surface area contributed by atoms with E-state index in [4.69, 9.17) is 4.74 Å². The molecule has 33 heavy (non-hydrogen) atoms. The number of anilines is 1. The van der Waals surface area contributed by atoms with E-state index in [1.807, 2.05) is 31.2 Å². The van der Waals surface area contributed by atoms with Gasteiger partial charge in [0.1, 0.15) is 18.9 Å². The van der Waals surface area contributed by atoms with Gasteiger partial charge in [0.05, 0.1) is 0 Å². The van der Waals surface area contributed by atoms with Crippen molar-refractivity contribution in [2.24, 2.45) is 0 Å². The number of hydrogen-bond donors (Lipinski definition) is 1. The van der Waals surface area contributed by atoms with Gasteiger partial charge >= 0.3 is 0 Å². The smallest absolute Gasteiger partial charge is 0.275 e. The number of amides is 1. The molecule has 0 aliphatic carbocycles. The van der Waals surface area contributed by atoms with Crippen LogP contribution in [0.3, 0.4) is 0 Å². The molecule has 0 spiro atoms. The van der Waals surface area contributed by atoms with Crippen LogP contribution in [0, 0.1) is 13.8 Å². The molecule has 0 atom stereocenters. The number of aromatic nitrogens is 4. The molecule has 0 aliphatic heterocycles. The van der Waals surface area contributed by atoms with Gasteiger partial charge in [-0.25, -0.2) is 8.78 Å². The number of nitrogens with one attached hydrogen (secondary N) is 1. The van der Waals surface area contributed by atoms with Crippen LogP contribution < -0.4 is 15.6 Å². The maximum absolute atomic E-state index is 12.6. The van der Waals surface area contributed by atoms with Crippen molar-refractivity contribution >= 4 is 17.4 Å². The summed E-state index contributed by atoms with van der Waals surface area (Å²) in [6, 6.07) is 15.1. The molecule has 170 valence electrons. The van der Waals surface area contributed by atoms with Gasteiger partial charge in [-0.05, 0) is 50.2 Å². The van der Waals surface area contributed by atoms with Crippen LogP contribution in [0.5, 0.6) is 5.75 Å². The van der Waals surface area contributed by atoms with Crippen molar-refractivity contribution in [3.05, 3.63) is 76.2 Å². The highest BCUT2D eigenvalue weighted by Crippen LogP contribution is 2.21. The molecule has 2 heterocycles. The summed E-state index contributed by atoms with van der Waals surface area (Å²) in [6.07, 6.45) is -2.57. The summed E-state index contributed by atoms with van der Waals surface area (Å²) in [5.74, 6) is 0.474. The number of halogens is 2. The molecule has 0 fully saturated rings. The van der Waals surface area contributed by atoms with Gasteiger partial charge < -0.3 is 14.6 Å². The Balaban J connectivity index is 1.61. The maximum atomic E-state index is 12.6. The van der Waals surface area contributed by atoms with Gasteiger partial charge in [-0.3, -0.25) is 9.59 Å². The summed E-state index contributed by atoms with van der Waals surface area (Å²) < 4.78 is 32.3. The fourth-order valence-electron chi connectivity index (χ4n) is 3.26. The number of nitrogens with zero attached hydrogens (tertiary/aromatic N) is 4. The average Bonchev–Trinajstić information content (AvgIpc) is 3.23. The minimum atomic E-state index is -2.57. The second-order valence-corrected chi connectivity index (χ2v) is 7.50. The number of carbonyl (C=O) groups excluding carboxylic acids is 1. The summed E-state index contributed by atoms with van der Waals surface area (Å²) in [6.45, 7) is 2.90. The van der Waals surface area contributed by atoms with E-state index in [0.29, 0.717) is 16.9 Å². The number of alkyl halides is 2. The number of ether oxygens (including phenoxy) is 1. The Morgan fingerprint density at radius 1 is 1.09 bits per heavy atom. The first-order valence-electron chi connectivity index (χ1n) is 10.2. The van der Waals surface area contributed by atoms with Crippen LogP contribution >= 0.6 is 0 Å². The molecular weight excluding hydrogens is 432 g/mol. The fraction of sp³-hybridized carbons (Fsp3) is 0.217. The lowest BCUT2D eigenvalue weighted by Crippen LogP contribution is -2.25. The van der Waals surface area contributed by atoms with Crippen molar-refractivity contribution in [3.8, 4) is 17.1 Å². The Morgan fingerprint density at radius 2 is 1.79 bits per heavy atom. The van der Waals surface area contributed by atoms with E-state index in [9.17, 15) is 18.4 Å². The Kier molecular flexibility index (Phi) is 6.16. The third-order valence-electron chi connectivity index (χ3n) is 4.92. The van der Waals surface area contributed by atoms with Gasteiger partial charge in [-0.1, -0.05) is 17.7 Å². The van der Waals surface area contributed by atoms with Gasteiger partial charge in [0.2, 0.25) is 11.7 Å². The number of fused-ring (bicyclic) bond motifs is 1. The quantitative estimate of drug-likeness (QED) is 0.463. The Morgan fingerprint density at radius 3 is 2.45 bits per heavy atom. The van der Waals surface area contributed by atoms with Crippen LogP contribution in [0.25, 0.3) is 17.2 Å². The van der Waals surface area contributed by atoms with Crippen molar-refractivity contribution in [3.63, 3.8) is 0 Å². The predicted molar refractivity (Wildman–Crippen MR) is 119 cm³/mol. The summed E-state index contributed by atoms with van der Waals surface area (Å²) in [4.78, 5) is 29.6. The maximum Gasteiger partial charge on any atom is 0.275 e. The third kappa shape index (κ3) is 5.05. The van der Waals surface area contributed by atoms with E-state index >= 15 is 0 Å². The van der Waals surface area contributed by atoms with Gasteiger partial charge in [0.15, 0.2) is 5.82 Å². The van der Waals surface area contributed by atoms with Crippen molar-refractivity contribution in [1.29, 1.82) is 0 Å². The van der Waals surface area contributed by atoms with Gasteiger partial charge in [-0.2, -0.15) is 9.50 Å². The van der Waals surface area contributed by atoms with Gasteiger partial charge in [0, 0.05) is 23.0 Å². The molecule has 2 aromatic carbocycles. The Labute approximate surface area is 187 Å². The second-order valence-electron chi connectivity index (χ2n) is 7.50. The van der Waals surface area contributed by atoms with Crippen molar-refractivity contribution < 1.29 is 18.3 Å². The predicted octanol–water partition coefficient (Wildman–Crippen LogP) is 3.46. The first kappa shape index (κ1) is 22.1. The highest BCUT2D eigenvalue weighted by molar-refractivity contribution is 5.90. The number of hydrogen-bond acceptors (Lipinski definition) is 5. The third-order valence-corrected chi connectivity index (χ3v) is 4.92. The first-order chi connectivity index (χ1) is 15.8. The summed E-state index contributed by atoms with van der Waals surface area (Å²) in [7, 11) is 0. The Hall–Kier alpha value is -4.08. The highest BCUT2D eigenvalue weighted by Gasteiger charge is 2.16. The molecule has 0 bridgehead atoms. The topological polar surface area (TPSA) is 90.5 Å². The lowest BCUT2D eigenvalue weighted by molar-refractivity contribution is -0.116. The van der Waals surface area contributed by atoms with Crippen LogP contribution in [0.15, 0.2) is 59.4 Å². The van der Waals surface area contributed by atoms with E-state index < -0.39 is 13.0 Å². The van der Waals surface area contributed by atoms with E-state index in [0.717, 1.165) is 10.1 Å². The van der Waals surface area contributed by atoms with Crippen molar-refractivity contribution in [2.75, 3.05) is 11.9 Å². The largest absolute Gasteiger partial charge is 0.488 e. The normalized spacial score (nSPS) is 11.2. The number of rotatable bonds is 7. The minimum Gasteiger partial charge on any atom is -0.488 e. The molecule has 4 rings (SSSR count). The van der Waals surface area contributed by atoms with E-state index in [1.165, 1.54) is 18.2 Å². The standard InChI is InChI=1S/C23H21F2N5O3/c1-14-3-7-17(8-4-14)26-20(31)12-29-15(2)11-21(32)30-23(29)27-22(28-30)16-5-9-18(10-6-16)33-13-19(24)25/h3-11,19H,12-13H2,1-2H3,(H,26,31). The van der Waals surface area contributed by atoms with Crippen LogP contribution in [-0.2, 0) is 11.3 Å². The zero-order valence-electron chi connectivity index (χ0n) is 18.0.